The monoisotopic (exact) mass is 305 g/mol. The van der Waals surface area contributed by atoms with Gasteiger partial charge in [0.2, 0.25) is 0 Å². The Morgan fingerprint density at radius 3 is 2.33 bits per heavy atom. The maximum Gasteiger partial charge on any atom is 0.0652 e. The van der Waals surface area contributed by atoms with E-state index in [1.807, 2.05) is 0 Å². The van der Waals surface area contributed by atoms with Crippen LogP contribution in [0.25, 0.3) is 0 Å². The summed E-state index contributed by atoms with van der Waals surface area (Å²) in [7, 11) is 0. The maximum atomic E-state index is 6.17. The van der Waals surface area contributed by atoms with Gasteiger partial charge in [0.05, 0.1) is 10.0 Å². The third-order valence-corrected chi connectivity index (χ3v) is 5.23. The summed E-state index contributed by atoms with van der Waals surface area (Å²) in [5, 5.41) is 5.26. The van der Waals surface area contributed by atoms with Gasteiger partial charge in [-0.2, -0.15) is 0 Å². The Balaban J connectivity index is 1.97. The molecule has 0 bridgehead atoms. The number of halogens is 3. The molecular formula is C14H18Cl3N. The largest absolute Gasteiger partial charge is 0.312 e. The smallest absolute Gasteiger partial charge is 0.0652 e. The van der Waals surface area contributed by atoms with E-state index in [9.17, 15) is 0 Å². The van der Waals surface area contributed by atoms with Gasteiger partial charge in [-0.25, -0.2) is 0 Å². The van der Waals surface area contributed by atoms with Crippen LogP contribution >= 0.6 is 34.8 Å². The lowest BCUT2D eigenvalue weighted by atomic mass is 9.92. The molecule has 0 atom stereocenters. The Hall–Kier alpha value is 0.0500. The Bertz CT molecular complexity index is 439. The number of nitrogens with one attached hydrogen (secondary N) is 1. The standard InChI is InChI=1S/C14H18Cl3N/c1-9(2)14(5-6-14)8-18-7-10-11(15)3-4-12(16)13(10)17/h3-4,9,18H,5-8H2,1-2H3. The molecule has 1 nitrogen and oxygen atoms in total. The second-order valence-electron chi connectivity index (χ2n) is 5.44. The summed E-state index contributed by atoms with van der Waals surface area (Å²) in [5.41, 5.74) is 1.38. The molecule has 0 aromatic heterocycles. The molecule has 0 heterocycles. The van der Waals surface area contributed by atoms with Gasteiger partial charge in [0.25, 0.3) is 0 Å². The predicted octanol–water partition coefficient (Wildman–Crippen LogP) is 5.17. The van der Waals surface area contributed by atoms with Crippen LogP contribution in [-0.2, 0) is 6.54 Å². The van der Waals surface area contributed by atoms with Crippen LogP contribution in [-0.4, -0.2) is 6.54 Å². The molecule has 100 valence electrons. The van der Waals surface area contributed by atoms with Crippen molar-refractivity contribution in [3.05, 3.63) is 32.8 Å². The van der Waals surface area contributed by atoms with E-state index in [4.69, 9.17) is 34.8 Å². The molecule has 0 unspecified atom stereocenters. The van der Waals surface area contributed by atoms with Crippen LogP contribution in [0.5, 0.6) is 0 Å². The second-order valence-corrected chi connectivity index (χ2v) is 6.63. The van der Waals surface area contributed by atoms with Crippen molar-refractivity contribution >= 4 is 34.8 Å². The molecular weight excluding hydrogens is 289 g/mol. The fourth-order valence-corrected chi connectivity index (χ4v) is 2.97. The van der Waals surface area contributed by atoms with Crippen molar-refractivity contribution in [3.8, 4) is 0 Å². The number of hydrogen-bond donors (Lipinski definition) is 1. The fourth-order valence-electron chi connectivity index (χ4n) is 2.29. The van der Waals surface area contributed by atoms with E-state index in [0.29, 0.717) is 27.0 Å². The van der Waals surface area contributed by atoms with E-state index in [0.717, 1.165) is 18.0 Å². The molecule has 18 heavy (non-hydrogen) atoms. The normalized spacial score (nSPS) is 17.2. The Kier molecular flexibility index (Phi) is 4.48. The van der Waals surface area contributed by atoms with Crippen LogP contribution in [0.15, 0.2) is 12.1 Å². The van der Waals surface area contributed by atoms with Crippen molar-refractivity contribution < 1.29 is 0 Å². The van der Waals surface area contributed by atoms with Crippen LogP contribution in [0.2, 0.25) is 15.1 Å². The van der Waals surface area contributed by atoms with Gasteiger partial charge in [-0.05, 0) is 36.3 Å². The summed E-state index contributed by atoms with van der Waals surface area (Å²) in [6.45, 7) is 6.26. The van der Waals surface area contributed by atoms with Crippen molar-refractivity contribution in [2.75, 3.05) is 6.54 Å². The number of hydrogen-bond acceptors (Lipinski definition) is 1. The van der Waals surface area contributed by atoms with Crippen molar-refractivity contribution in [1.29, 1.82) is 0 Å². The zero-order valence-electron chi connectivity index (χ0n) is 10.7. The first kappa shape index (κ1) is 14.5. The van der Waals surface area contributed by atoms with Gasteiger partial charge in [-0.3, -0.25) is 0 Å². The Morgan fingerprint density at radius 1 is 1.17 bits per heavy atom. The summed E-state index contributed by atoms with van der Waals surface area (Å²) in [6.07, 6.45) is 2.63. The third-order valence-electron chi connectivity index (χ3n) is 4.03. The Morgan fingerprint density at radius 2 is 1.78 bits per heavy atom. The molecule has 0 saturated heterocycles. The van der Waals surface area contributed by atoms with E-state index in [-0.39, 0.29) is 0 Å². The van der Waals surface area contributed by atoms with E-state index < -0.39 is 0 Å². The van der Waals surface area contributed by atoms with E-state index in [1.54, 1.807) is 12.1 Å². The van der Waals surface area contributed by atoms with Crippen LogP contribution in [0.3, 0.4) is 0 Å². The summed E-state index contributed by atoms with van der Waals surface area (Å²) >= 11 is 18.3. The van der Waals surface area contributed by atoms with Crippen LogP contribution < -0.4 is 5.32 Å². The lowest BCUT2D eigenvalue weighted by molar-refractivity contribution is 0.338. The lowest BCUT2D eigenvalue weighted by Gasteiger charge is -2.20. The van der Waals surface area contributed by atoms with Gasteiger partial charge in [0, 0.05) is 23.7 Å². The second kappa shape index (κ2) is 5.58. The topological polar surface area (TPSA) is 12.0 Å². The third kappa shape index (κ3) is 2.96. The summed E-state index contributed by atoms with van der Waals surface area (Å²) < 4.78 is 0. The molecule has 1 N–H and O–H groups in total. The van der Waals surface area contributed by atoms with Crippen LogP contribution in [0.1, 0.15) is 32.3 Å². The molecule has 1 saturated carbocycles. The van der Waals surface area contributed by atoms with Gasteiger partial charge in [0.15, 0.2) is 0 Å². The first-order chi connectivity index (χ1) is 8.46. The zero-order chi connectivity index (χ0) is 13.3. The minimum absolute atomic E-state index is 0.484. The van der Waals surface area contributed by atoms with E-state index in [2.05, 4.69) is 19.2 Å². The first-order valence-electron chi connectivity index (χ1n) is 6.29. The van der Waals surface area contributed by atoms with E-state index in [1.165, 1.54) is 12.8 Å². The van der Waals surface area contributed by atoms with Crippen molar-refractivity contribution in [2.24, 2.45) is 11.3 Å². The molecule has 2 rings (SSSR count). The SMILES string of the molecule is CC(C)C1(CNCc2c(Cl)ccc(Cl)c2Cl)CC1. The van der Waals surface area contributed by atoms with Gasteiger partial charge < -0.3 is 5.32 Å². The van der Waals surface area contributed by atoms with E-state index >= 15 is 0 Å². The highest BCUT2D eigenvalue weighted by molar-refractivity contribution is 6.44. The first-order valence-corrected chi connectivity index (χ1v) is 7.43. The maximum absolute atomic E-state index is 6.17. The number of benzene rings is 1. The van der Waals surface area contributed by atoms with Crippen molar-refractivity contribution in [2.45, 2.75) is 33.2 Å². The molecule has 0 aliphatic heterocycles. The summed E-state index contributed by atoms with van der Waals surface area (Å²) in [5.74, 6) is 0.718. The van der Waals surface area contributed by atoms with Crippen molar-refractivity contribution in [1.82, 2.24) is 5.32 Å². The quantitative estimate of drug-likeness (QED) is 0.740. The average molecular weight is 307 g/mol. The van der Waals surface area contributed by atoms with Gasteiger partial charge >= 0.3 is 0 Å². The summed E-state index contributed by atoms with van der Waals surface area (Å²) in [4.78, 5) is 0. The van der Waals surface area contributed by atoms with Gasteiger partial charge in [-0.15, -0.1) is 0 Å². The van der Waals surface area contributed by atoms with Gasteiger partial charge in [0.1, 0.15) is 0 Å². The molecule has 1 aliphatic carbocycles. The molecule has 1 aromatic rings. The van der Waals surface area contributed by atoms with Gasteiger partial charge in [-0.1, -0.05) is 48.7 Å². The highest BCUT2D eigenvalue weighted by Crippen LogP contribution is 2.51. The molecule has 0 amide bonds. The lowest BCUT2D eigenvalue weighted by Crippen LogP contribution is -2.27. The number of rotatable bonds is 5. The minimum Gasteiger partial charge on any atom is -0.312 e. The Labute approximate surface area is 124 Å². The molecule has 4 heteroatoms. The molecule has 0 spiro atoms. The molecule has 1 aromatic carbocycles. The predicted molar refractivity (Wildman–Crippen MR) is 79.7 cm³/mol. The highest BCUT2D eigenvalue weighted by atomic mass is 35.5. The van der Waals surface area contributed by atoms with Crippen LogP contribution in [0, 0.1) is 11.3 Å². The van der Waals surface area contributed by atoms with Crippen LogP contribution in [0.4, 0.5) is 0 Å². The highest BCUT2D eigenvalue weighted by Gasteiger charge is 2.44. The summed E-state index contributed by atoms with van der Waals surface area (Å²) in [6, 6.07) is 3.52. The fraction of sp³-hybridized carbons (Fsp3) is 0.571. The molecule has 1 fully saturated rings. The average Bonchev–Trinajstić information content (AvgIpc) is 3.10. The minimum atomic E-state index is 0.484. The molecule has 0 radical (unpaired) electrons. The van der Waals surface area contributed by atoms with Crippen molar-refractivity contribution in [3.63, 3.8) is 0 Å². The molecule has 1 aliphatic rings. The zero-order valence-corrected chi connectivity index (χ0v) is 13.0.